The normalized spacial score (nSPS) is 29.2. The molecule has 3 unspecified atom stereocenters. The number of hydrogen-bond donors (Lipinski definition) is 2. The van der Waals surface area contributed by atoms with Gasteiger partial charge >= 0.3 is 0 Å². The Bertz CT molecular complexity index is 439. The molecule has 0 amide bonds. The first-order valence-corrected chi connectivity index (χ1v) is 7.02. The summed E-state index contributed by atoms with van der Waals surface area (Å²) in [5.74, 6) is 5.77. The third-order valence-electron chi connectivity index (χ3n) is 4.38. The molecule has 2 aliphatic heterocycles. The standard InChI is InChI=1S/C14H22N4O/c1-10-4-5-16-7-12(10)14(17-15)13-8-18-6-2-3-11(18)9-19-13/h4-5,7,11,13-14,17H,2-3,6,8-9,15H2,1H3. The van der Waals surface area contributed by atoms with Gasteiger partial charge in [-0.15, -0.1) is 0 Å². The summed E-state index contributed by atoms with van der Waals surface area (Å²) in [6.45, 7) is 5.05. The number of nitrogens with two attached hydrogens (primary N) is 1. The fraction of sp³-hybridized carbons (Fsp3) is 0.643. The maximum atomic E-state index is 6.04. The predicted octanol–water partition coefficient (Wildman–Crippen LogP) is 0.758. The average molecular weight is 262 g/mol. The van der Waals surface area contributed by atoms with E-state index in [-0.39, 0.29) is 12.1 Å². The first-order chi connectivity index (χ1) is 9.29. The Morgan fingerprint density at radius 1 is 1.58 bits per heavy atom. The van der Waals surface area contributed by atoms with Gasteiger partial charge in [-0.1, -0.05) is 0 Å². The smallest absolute Gasteiger partial charge is 0.0910 e. The van der Waals surface area contributed by atoms with Crippen LogP contribution in [0.4, 0.5) is 0 Å². The minimum absolute atomic E-state index is 0.00949. The van der Waals surface area contributed by atoms with Crippen LogP contribution >= 0.6 is 0 Å². The Morgan fingerprint density at radius 3 is 3.26 bits per heavy atom. The third kappa shape index (κ3) is 2.51. The second kappa shape index (κ2) is 5.54. The number of nitrogens with zero attached hydrogens (tertiary/aromatic N) is 2. The number of aromatic nitrogens is 1. The Balaban J connectivity index is 1.77. The summed E-state index contributed by atoms with van der Waals surface area (Å²) in [7, 11) is 0. The maximum absolute atomic E-state index is 6.04. The fourth-order valence-corrected chi connectivity index (χ4v) is 3.24. The molecule has 0 spiro atoms. The van der Waals surface area contributed by atoms with Gasteiger partial charge in [0.25, 0.3) is 0 Å². The zero-order chi connectivity index (χ0) is 13.2. The van der Waals surface area contributed by atoms with Crippen molar-refractivity contribution < 1.29 is 4.74 Å². The molecule has 2 fully saturated rings. The quantitative estimate of drug-likeness (QED) is 0.622. The van der Waals surface area contributed by atoms with Crippen LogP contribution in [0, 0.1) is 6.92 Å². The lowest BCUT2D eigenvalue weighted by atomic mass is 9.98. The molecule has 104 valence electrons. The summed E-state index contributed by atoms with van der Waals surface area (Å²) in [5.41, 5.74) is 5.25. The molecule has 5 nitrogen and oxygen atoms in total. The van der Waals surface area contributed by atoms with Gasteiger partial charge in [0.1, 0.15) is 0 Å². The Kier molecular flexibility index (Phi) is 3.79. The van der Waals surface area contributed by atoms with Gasteiger partial charge in [0.15, 0.2) is 0 Å². The van der Waals surface area contributed by atoms with Gasteiger partial charge in [0.05, 0.1) is 18.8 Å². The number of ether oxygens (including phenoxy) is 1. The summed E-state index contributed by atoms with van der Waals surface area (Å²) in [4.78, 5) is 6.74. The van der Waals surface area contributed by atoms with Crippen LogP contribution in [-0.2, 0) is 4.74 Å². The molecule has 3 heterocycles. The topological polar surface area (TPSA) is 63.4 Å². The molecular weight excluding hydrogens is 240 g/mol. The van der Waals surface area contributed by atoms with E-state index in [2.05, 4.69) is 22.2 Å². The molecule has 2 aliphatic rings. The molecule has 19 heavy (non-hydrogen) atoms. The molecule has 3 rings (SSSR count). The highest BCUT2D eigenvalue weighted by atomic mass is 16.5. The average Bonchev–Trinajstić information content (AvgIpc) is 2.89. The van der Waals surface area contributed by atoms with Crippen molar-refractivity contribution in [2.75, 3.05) is 19.7 Å². The first-order valence-electron chi connectivity index (χ1n) is 7.02. The molecule has 1 aromatic heterocycles. The van der Waals surface area contributed by atoms with Crippen LogP contribution in [0.5, 0.6) is 0 Å². The summed E-state index contributed by atoms with van der Waals surface area (Å²) < 4.78 is 6.04. The van der Waals surface area contributed by atoms with Crippen LogP contribution in [0.1, 0.15) is 30.0 Å². The SMILES string of the molecule is Cc1ccncc1C(NN)C1CN2CCCC2CO1. The van der Waals surface area contributed by atoms with E-state index in [1.165, 1.54) is 24.9 Å². The molecule has 0 saturated carbocycles. The number of nitrogens with one attached hydrogen (secondary N) is 1. The van der Waals surface area contributed by atoms with E-state index in [0.717, 1.165) is 18.7 Å². The van der Waals surface area contributed by atoms with E-state index in [9.17, 15) is 0 Å². The summed E-state index contributed by atoms with van der Waals surface area (Å²) in [6, 6.07) is 2.64. The summed E-state index contributed by atoms with van der Waals surface area (Å²) >= 11 is 0. The van der Waals surface area contributed by atoms with E-state index < -0.39 is 0 Å². The van der Waals surface area contributed by atoms with Crippen LogP contribution in [0.2, 0.25) is 0 Å². The van der Waals surface area contributed by atoms with Crippen molar-refractivity contribution in [1.82, 2.24) is 15.3 Å². The number of rotatable bonds is 3. The van der Waals surface area contributed by atoms with Crippen LogP contribution in [0.3, 0.4) is 0 Å². The number of aryl methyl sites for hydroxylation is 1. The lowest BCUT2D eigenvalue weighted by Crippen LogP contribution is -2.51. The van der Waals surface area contributed by atoms with E-state index in [4.69, 9.17) is 10.6 Å². The number of hydrogen-bond acceptors (Lipinski definition) is 5. The number of morpholine rings is 1. The Hall–Kier alpha value is -1.01. The molecule has 1 aromatic rings. The lowest BCUT2D eigenvalue weighted by molar-refractivity contribution is -0.0654. The summed E-state index contributed by atoms with van der Waals surface area (Å²) in [6.07, 6.45) is 6.35. The van der Waals surface area contributed by atoms with Crippen molar-refractivity contribution in [2.24, 2.45) is 5.84 Å². The van der Waals surface area contributed by atoms with E-state index in [1.54, 1.807) is 0 Å². The molecule has 0 aliphatic carbocycles. The molecule has 0 radical (unpaired) electrons. The van der Waals surface area contributed by atoms with Gasteiger partial charge in [-0.3, -0.25) is 21.2 Å². The van der Waals surface area contributed by atoms with E-state index >= 15 is 0 Å². The molecular formula is C14H22N4O. The Labute approximate surface area is 114 Å². The van der Waals surface area contributed by atoms with Crippen molar-refractivity contribution in [3.63, 3.8) is 0 Å². The zero-order valence-electron chi connectivity index (χ0n) is 11.4. The minimum Gasteiger partial charge on any atom is -0.373 e. The zero-order valence-corrected chi connectivity index (χ0v) is 11.4. The van der Waals surface area contributed by atoms with Crippen molar-refractivity contribution >= 4 is 0 Å². The van der Waals surface area contributed by atoms with E-state index in [0.29, 0.717) is 6.04 Å². The third-order valence-corrected chi connectivity index (χ3v) is 4.38. The number of pyridine rings is 1. The van der Waals surface area contributed by atoms with Crippen LogP contribution in [-0.4, -0.2) is 41.7 Å². The van der Waals surface area contributed by atoms with Crippen molar-refractivity contribution in [1.29, 1.82) is 0 Å². The molecule has 0 bridgehead atoms. The molecule has 2 saturated heterocycles. The maximum Gasteiger partial charge on any atom is 0.0910 e. The first kappa shape index (κ1) is 13.0. The van der Waals surface area contributed by atoms with E-state index in [1.807, 2.05) is 18.5 Å². The summed E-state index contributed by atoms with van der Waals surface area (Å²) in [5, 5.41) is 0. The number of fused-ring (bicyclic) bond motifs is 1. The second-order valence-corrected chi connectivity index (χ2v) is 5.54. The van der Waals surface area contributed by atoms with Gasteiger partial charge in [0, 0.05) is 25.0 Å². The van der Waals surface area contributed by atoms with Crippen LogP contribution < -0.4 is 11.3 Å². The lowest BCUT2D eigenvalue weighted by Gasteiger charge is -2.39. The Morgan fingerprint density at radius 2 is 2.47 bits per heavy atom. The molecule has 0 aromatic carbocycles. The second-order valence-electron chi connectivity index (χ2n) is 5.54. The van der Waals surface area contributed by atoms with Gasteiger partial charge in [-0.2, -0.15) is 0 Å². The number of hydrazine groups is 1. The molecule has 3 N–H and O–H groups in total. The molecule has 5 heteroatoms. The minimum atomic E-state index is 0.00949. The van der Waals surface area contributed by atoms with Crippen molar-refractivity contribution in [3.8, 4) is 0 Å². The fourth-order valence-electron chi connectivity index (χ4n) is 3.24. The van der Waals surface area contributed by atoms with Crippen LogP contribution in [0.15, 0.2) is 18.5 Å². The monoisotopic (exact) mass is 262 g/mol. The highest BCUT2D eigenvalue weighted by Crippen LogP contribution is 2.29. The van der Waals surface area contributed by atoms with Gasteiger partial charge in [0.2, 0.25) is 0 Å². The predicted molar refractivity (Wildman–Crippen MR) is 73.4 cm³/mol. The van der Waals surface area contributed by atoms with Gasteiger partial charge in [-0.05, 0) is 43.5 Å². The van der Waals surface area contributed by atoms with Crippen LogP contribution in [0.25, 0.3) is 0 Å². The van der Waals surface area contributed by atoms with Crippen molar-refractivity contribution in [2.45, 2.75) is 38.0 Å². The molecule has 3 atom stereocenters. The van der Waals surface area contributed by atoms with Gasteiger partial charge in [-0.25, -0.2) is 0 Å². The largest absolute Gasteiger partial charge is 0.373 e. The van der Waals surface area contributed by atoms with Crippen molar-refractivity contribution in [3.05, 3.63) is 29.6 Å². The van der Waals surface area contributed by atoms with Gasteiger partial charge < -0.3 is 4.74 Å². The highest BCUT2D eigenvalue weighted by Gasteiger charge is 2.36. The highest BCUT2D eigenvalue weighted by molar-refractivity contribution is 5.26.